The summed E-state index contributed by atoms with van der Waals surface area (Å²) in [6, 6.07) is 0. The van der Waals surface area contributed by atoms with Crippen LogP contribution in [0, 0.1) is 5.41 Å². The van der Waals surface area contributed by atoms with Gasteiger partial charge in [-0.2, -0.15) is 0 Å². The van der Waals surface area contributed by atoms with Crippen molar-refractivity contribution >= 4 is 5.91 Å². The lowest BCUT2D eigenvalue weighted by atomic mass is 9.90. The van der Waals surface area contributed by atoms with Crippen LogP contribution in [0.4, 0.5) is 0 Å². The van der Waals surface area contributed by atoms with Crippen molar-refractivity contribution in [1.82, 2.24) is 5.32 Å². The molecule has 0 radical (unpaired) electrons. The summed E-state index contributed by atoms with van der Waals surface area (Å²) in [5.41, 5.74) is 0.124. The van der Waals surface area contributed by atoms with Gasteiger partial charge in [0.15, 0.2) is 0 Å². The van der Waals surface area contributed by atoms with Crippen LogP contribution in [0.1, 0.15) is 13.3 Å². The van der Waals surface area contributed by atoms with Crippen LogP contribution in [0.25, 0.3) is 0 Å². The number of carbonyl (C=O) groups is 1. The summed E-state index contributed by atoms with van der Waals surface area (Å²) >= 11 is 0. The van der Waals surface area contributed by atoms with Gasteiger partial charge in [0.1, 0.15) is 0 Å². The Morgan fingerprint density at radius 3 is 3.08 bits per heavy atom. The summed E-state index contributed by atoms with van der Waals surface area (Å²) in [6.45, 7) is 7.72. The predicted octanol–water partition coefficient (Wildman–Crippen LogP) is 0.715. The Bertz CT molecular complexity index is 183. The quantitative estimate of drug-likeness (QED) is 0.632. The molecule has 1 rings (SSSR count). The van der Waals surface area contributed by atoms with Crippen LogP contribution < -0.4 is 5.32 Å². The molecule has 1 saturated heterocycles. The zero-order valence-electron chi connectivity index (χ0n) is 7.43. The van der Waals surface area contributed by atoms with Gasteiger partial charge in [0.2, 0.25) is 5.91 Å². The number of nitrogens with one attached hydrogen (secondary N) is 1. The molecular formula is C9H15NO2. The zero-order valence-corrected chi connectivity index (χ0v) is 7.43. The molecule has 1 aliphatic heterocycles. The SMILES string of the molecule is C=CC(=O)NCC1(C)CCOC1. The molecule has 68 valence electrons. The first-order valence-corrected chi connectivity index (χ1v) is 4.14. The molecular weight excluding hydrogens is 154 g/mol. The number of ether oxygens (including phenoxy) is 1. The molecule has 1 unspecified atom stereocenters. The van der Waals surface area contributed by atoms with Gasteiger partial charge >= 0.3 is 0 Å². The largest absolute Gasteiger partial charge is 0.381 e. The normalized spacial score (nSPS) is 28.4. The third kappa shape index (κ3) is 2.34. The van der Waals surface area contributed by atoms with E-state index in [4.69, 9.17) is 4.74 Å². The maximum Gasteiger partial charge on any atom is 0.243 e. The van der Waals surface area contributed by atoms with Crippen molar-refractivity contribution < 1.29 is 9.53 Å². The summed E-state index contributed by atoms with van der Waals surface area (Å²) in [7, 11) is 0. The average Bonchev–Trinajstić information content (AvgIpc) is 2.49. The van der Waals surface area contributed by atoms with Crippen LogP contribution in [0.3, 0.4) is 0 Å². The third-order valence-corrected chi connectivity index (χ3v) is 2.18. The Kier molecular flexibility index (Phi) is 2.87. The van der Waals surface area contributed by atoms with E-state index in [1.807, 2.05) is 0 Å². The minimum Gasteiger partial charge on any atom is -0.381 e. The molecule has 0 aliphatic carbocycles. The molecule has 0 aromatic heterocycles. The topological polar surface area (TPSA) is 38.3 Å². The second-order valence-corrected chi connectivity index (χ2v) is 3.54. The minimum atomic E-state index is -0.108. The maximum atomic E-state index is 10.8. The van der Waals surface area contributed by atoms with Crippen molar-refractivity contribution in [2.24, 2.45) is 5.41 Å². The molecule has 0 spiro atoms. The molecule has 0 aromatic rings. The number of rotatable bonds is 3. The van der Waals surface area contributed by atoms with Crippen molar-refractivity contribution in [3.63, 3.8) is 0 Å². The Labute approximate surface area is 72.8 Å². The molecule has 1 amide bonds. The Balaban J connectivity index is 2.30. The van der Waals surface area contributed by atoms with Gasteiger partial charge in [-0.3, -0.25) is 4.79 Å². The maximum absolute atomic E-state index is 10.8. The number of hydrogen-bond donors (Lipinski definition) is 1. The Morgan fingerprint density at radius 2 is 2.58 bits per heavy atom. The highest BCUT2D eigenvalue weighted by atomic mass is 16.5. The van der Waals surface area contributed by atoms with Crippen molar-refractivity contribution in [3.8, 4) is 0 Å². The molecule has 1 aliphatic rings. The molecule has 1 heterocycles. The zero-order chi connectivity index (χ0) is 9.03. The van der Waals surface area contributed by atoms with E-state index >= 15 is 0 Å². The monoisotopic (exact) mass is 169 g/mol. The van der Waals surface area contributed by atoms with E-state index in [1.165, 1.54) is 6.08 Å². The Hall–Kier alpha value is -0.830. The van der Waals surface area contributed by atoms with Crippen molar-refractivity contribution in [2.45, 2.75) is 13.3 Å². The molecule has 12 heavy (non-hydrogen) atoms. The van der Waals surface area contributed by atoms with Gasteiger partial charge in [0, 0.05) is 18.6 Å². The summed E-state index contributed by atoms with van der Waals surface area (Å²) in [6.07, 6.45) is 2.31. The molecule has 3 nitrogen and oxygen atoms in total. The highest BCUT2D eigenvalue weighted by Gasteiger charge is 2.29. The molecule has 1 fully saturated rings. The van der Waals surface area contributed by atoms with Gasteiger partial charge in [-0.05, 0) is 12.5 Å². The first-order valence-electron chi connectivity index (χ1n) is 4.14. The highest BCUT2D eigenvalue weighted by molar-refractivity contribution is 5.86. The molecule has 0 aromatic carbocycles. The predicted molar refractivity (Wildman–Crippen MR) is 46.7 cm³/mol. The standard InChI is InChI=1S/C9H15NO2/c1-3-8(11)10-6-9(2)4-5-12-7-9/h3H,1,4-7H2,2H3,(H,10,11). The van der Waals surface area contributed by atoms with E-state index in [0.717, 1.165) is 19.6 Å². The van der Waals surface area contributed by atoms with Gasteiger partial charge in [-0.15, -0.1) is 0 Å². The van der Waals surface area contributed by atoms with Crippen LogP contribution >= 0.6 is 0 Å². The first-order chi connectivity index (χ1) is 5.66. The van der Waals surface area contributed by atoms with E-state index in [1.54, 1.807) is 0 Å². The number of carbonyl (C=O) groups excluding carboxylic acids is 1. The lowest BCUT2D eigenvalue weighted by molar-refractivity contribution is -0.116. The van der Waals surface area contributed by atoms with Crippen LogP contribution in [0.15, 0.2) is 12.7 Å². The van der Waals surface area contributed by atoms with E-state index < -0.39 is 0 Å². The fourth-order valence-corrected chi connectivity index (χ4v) is 1.22. The lowest BCUT2D eigenvalue weighted by Crippen LogP contribution is -2.35. The van der Waals surface area contributed by atoms with Crippen LogP contribution in [0.2, 0.25) is 0 Å². The van der Waals surface area contributed by atoms with Crippen LogP contribution in [0.5, 0.6) is 0 Å². The van der Waals surface area contributed by atoms with E-state index in [9.17, 15) is 4.79 Å². The molecule has 1 atom stereocenters. The lowest BCUT2D eigenvalue weighted by Gasteiger charge is -2.21. The van der Waals surface area contributed by atoms with Gasteiger partial charge in [-0.25, -0.2) is 0 Å². The van der Waals surface area contributed by atoms with Gasteiger partial charge in [0.25, 0.3) is 0 Å². The summed E-state index contributed by atoms with van der Waals surface area (Å²) in [5.74, 6) is -0.108. The van der Waals surface area contributed by atoms with E-state index in [2.05, 4.69) is 18.8 Å². The third-order valence-electron chi connectivity index (χ3n) is 2.18. The summed E-state index contributed by atoms with van der Waals surface area (Å²) in [5, 5.41) is 2.78. The molecule has 0 bridgehead atoms. The van der Waals surface area contributed by atoms with Gasteiger partial charge in [-0.1, -0.05) is 13.5 Å². The van der Waals surface area contributed by atoms with Crippen molar-refractivity contribution in [3.05, 3.63) is 12.7 Å². The van der Waals surface area contributed by atoms with Crippen LogP contribution in [-0.4, -0.2) is 25.7 Å². The first kappa shape index (κ1) is 9.26. The van der Waals surface area contributed by atoms with Crippen molar-refractivity contribution in [2.75, 3.05) is 19.8 Å². The van der Waals surface area contributed by atoms with Crippen molar-refractivity contribution in [1.29, 1.82) is 0 Å². The molecule has 0 saturated carbocycles. The average molecular weight is 169 g/mol. The van der Waals surface area contributed by atoms with Gasteiger partial charge in [0.05, 0.1) is 6.61 Å². The fraction of sp³-hybridized carbons (Fsp3) is 0.667. The molecule has 1 N–H and O–H groups in total. The minimum absolute atomic E-state index is 0.108. The summed E-state index contributed by atoms with van der Waals surface area (Å²) < 4.78 is 5.25. The van der Waals surface area contributed by atoms with E-state index in [-0.39, 0.29) is 11.3 Å². The molecule has 3 heteroatoms. The number of hydrogen-bond acceptors (Lipinski definition) is 2. The smallest absolute Gasteiger partial charge is 0.243 e. The number of amides is 1. The second kappa shape index (κ2) is 3.72. The van der Waals surface area contributed by atoms with Gasteiger partial charge < -0.3 is 10.1 Å². The highest BCUT2D eigenvalue weighted by Crippen LogP contribution is 2.26. The second-order valence-electron chi connectivity index (χ2n) is 3.54. The summed E-state index contributed by atoms with van der Waals surface area (Å²) in [4.78, 5) is 10.8. The van der Waals surface area contributed by atoms with E-state index in [0.29, 0.717) is 6.54 Å². The van der Waals surface area contributed by atoms with Crippen LogP contribution in [-0.2, 0) is 9.53 Å². The fourth-order valence-electron chi connectivity index (χ4n) is 1.22. The Morgan fingerprint density at radius 1 is 1.83 bits per heavy atom.